The number of benzene rings is 1. The Hall–Kier alpha value is -1.65. The molecule has 0 aliphatic carbocycles. The Kier molecular flexibility index (Phi) is 6.76. The van der Waals surface area contributed by atoms with Crippen LogP contribution in [-0.4, -0.2) is 39.9 Å². The van der Waals surface area contributed by atoms with Crippen molar-refractivity contribution in [1.29, 1.82) is 0 Å². The molecule has 1 rings (SSSR count). The molecule has 98 valence electrons. The number of carbonyl (C=O) groups excluding carboxylic acids is 1. The van der Waals surface area contributed by atoms with Crippen LogP contribution in [0.1, 0.15) is 15.9 Å². The summed E-state index contributed by atoms with van der Waals surface area (Å²) in [4.78, 5) is 11.2. The van der Waals surface area contributed by atoms with Gasteiger partial charge in [-0.05, 0) is 17.7 Å². The summed E-state index contributed by atoms with van der Waals surface area (Å²) in [6.07, 6.45) is 4.03. The van der Waals surface area contributed by atoms with Crippen LogP contribution in [0.25, 0.3) is 6.08 Å². The highest BCUT2D eigenvalue weighted by Gasteiger charge is 2.02. The van der Waals surface area contributed by atoms with Gasteiger partial charge >= 0.3 is 5.97 Å². The molecule has 0 fully saturated rings. The molecular weight excluding hydrogens is 230 g/mol. The summed E-state index contributed by atoms with van der Waals surface area (Å²) in [7, 11) is 3.06. The molecule has 0 radical (unpaired) electrons. The van der Waals surface area contributed by atoms with Crippen LogP contribution >= 0.6 is 0 Å². The van der Waals surface area contributed by atoms with Crippen LogP contribution in [-0.2, 0) is 9.47 Å². The first-order chi connectivity index (χ1) is 8.77. The zero-order valence-electron chi connectivity index (χ0n) is 10.8. The molecule has 4 nitrogen and oxygen atoms in total. The molecule has 0 aliphatic rings. The van der Waals surface area contributed by atoms with Crippen molar-refractivity contribution in [2.24, 2.45) is 0 Å². The lowest BCUT2D eigenvalue weighted by Crippen LogP contribution is -2.18. The summed E-state index contributed by atoms with van der Waals surface area (Å²) in [5.74, 6) is -0.313. The predicted molar refractivity (Wildman–Crippen MR) is 71.6 cm³/mol. The Morgan fingerprint density at radius 2 is 2.00 bits per heavy atom. The summed E-state index contributed by atoms with van der Waals surface area (Å²) < 4.78 is 9.56. The van der Waals surface area contributed by atoms with E-state index in [9.17, 15) is 4.79 Å². The molecule has 0 saturated carbocycles. The lowest BCUT2D eigenvalue weighted by Gasteiger charge is -2.00. The third-order valence-electron chi connectivity index (χ3n) is 2.39. The van der Waals surface area contributed by atoms with E-state index >= 15 is 0 Å². The van der Waals surface area contributed by atoms with Gasteiger partial charge < -0.3 is 14.8 Å². The Balaban J connectivity index is 2.38. The summed E-state index contributed by atoms with van der Waals surface area (Å²) in [6.45, 7) is 2.34. The fourth-order valence-electron chi connectivity index (χ4n) is 1.40. The molecular formula is C14H19NO3. The van der Waals surface area contributed by atoms with E-state index in [2.05, 4.69) is 10.1 Å². The van der Waals surface area contributed by atoms with Gasteiger partial charge in [-0.25, -0.2) is 4.79 Å². The van der Waals surface area contributed by atoms with Crippen LogP contribution in [0.4, 0.5) is 0 Å². The predicted octanol–water partition coefficient (Wildman–Crippen LogP) is 1.72. The van der Waals surface area contributed by atoms with Gasteiger partial charge in [0.05, 0.1) is 19.3 Å². The van der Waals surface area contributed by atoms with Gasteiger partial charge in [-0.3, -0.25) is 0 Å². The largest absolute Gasteiger partial charge is 0.465 e. The van der Waals surface area contributed by atoms with Crippen molar-refractivity contribution in [3.05, 3.63) is 41.5 Å². The Morgan fingerprint density at radius 1 is 1.28 bits per heavy atom. The molecule has 4 heteroatoms. The summed E-state index contributed by atoms with van der Waals surface area (Å²) >= 11 is 0. The molecule has 0 atom stereocenters. The van der Waals surface area contributed by atoms with Crippen LogP contribution in [0.2, 0.25) is 0 Å². The maximum absolute atomic E-state index is 11.2. The summed E-state index contributed by atoms with van der Waals surface area (Å²) in [5, 5.41) is 3.21. The molecule has 0 saturated heterocycles. The van der Waals surface area contributed by atoms with Gasteiger partial charge in [0.25, 0.3) is 0 Å². The van der Waals surface area contributed by atoms with E-state index in [0.29, 0.717) is 12.2 Å². The molecule has 0 amide bonds. The van der Waals surface area contributed by atoms with Crippen LogP contribution in [0.15, 0.2) is 30.3 Å². The minimum absolute atomic E-state index is 0.313. The second-order valence-corrected chi connectivity index (χ2v) is 3.71. The highest BCUT2D eigenvalue weighted by molar-refractivity contribution is 5.89. The second kappa shape index (κ2) is 8.44. The molecule has 0 spiro atoms. The number of hydrogen-bond acceptors (Lipinski definition) is 4. The van der Waals surface area contributed by atoms with Crippen molar-refractivity contribution >= 4 is 12.0 Å². The first kappa shape index (κ1) is 14.4. The van der Waals surface area contributed by atoms with Crippen molar-refractivity contribution in [2.75, 3.05) is 33.9 Å². The molecule has 0 unspecified atom stereocenters. The summed E-state index contributed by atoms with van der Waals surface area (Å²) in [5.41, 5.74) is 1.61. The maximum Gasteiger partial charge on any atom is 0.337 e. The molecule has 0 aromatic heterocycles. The minimum Gasteiger partial charge on any atom is -0.465 e. The van der Waals surface area contributed by atoms with E-state index in [-0.39, 0.29) is 5.97 Å². The first-order valence-electron chi connectivity index (χ1n) is 5.82. The fourth-order valence-corrected chi connectivity index (χ4v) is 1.40. The van der Waals surface area contributed by atoms with Crippen molar-refractivity contribution in [1.82, 2.24) is 5.32 Å². The molecule has 1 aromatic carbocycles. The fraction of sp³-hybridized carbons (Fsp3) is 0.357. The lowest BCUT2D eigenvalue weighted by molar-refractivity contribution is 0.0601. The SMILES string of the molecule is COCCNCC=Cc1ccc(C(=O)OC)cc1. The Labute approximate surface area is 108 Å². The number of ether oxygens (including phenoxy) is 2. The van der Waals surface area contributed by atoms with Gasteiger partial charge in [-0.1, -0.05) is 24.3 Å². The molecule has 1 N–H and O–H groups in total. The second-order valence-electron chi connectivity index (χ2n) is 3.71. The number of methoxy groups -OCH3 is 2. The van der Waals surface area contributed by atoms with E-state index in [1.54, 1.807) is 19.2 Å². The van der Waals surface area contributed by atoms with Gasteiger partial charge in [0.15, 0.2) is 0 Å². The molecule has 0 aliphatic heterocycles. The normalized spacial score (nSPS) is 10.8. The van der Waals surface area contributed by atoms with E-state index in [4.69, 9.17) is 4.74 Å². The first-order valence-corrected chi connectivity index (χ1v) is 5.82. The monoisotopic (exact) mass is 249 g/mol. The van der Waals surface area contributed by atoms with Crippen molar-refractivity contribution in [3.63, 3.8) is 0 Å². The van der Waals surface area contributed by atoms with E-state index in [0.717, 1.165) is 18.7 Å². The van der Waals surface area contributed by atoms with Gasteiger partial charge in [0.2, 0.25) is 0 Å². The minimum atomic E-state index is -0.313. The van der Waals surface area contributed by atoms with Crippen molar-refractivity contribution < 1.29 is 14.3 Å². The van der Waals surface area contributed by atoms with Gasteiger partial charge in [-0.15, -0.1) is 0 Å². The smallest absolute Gasteiger partial charge is 0.337 e. The lowest BCUT2D eigenvalue weighted by atomic mass is 10.1. The topological polar surface area (TPSA) is 47.6 Å². The van der Waals surface area contributed by atoms with Gasteiger partial charge in [0, 0.05) is 20.2 Å². The maximum atomic E-state index is 11.2. The zero-order valence-corrected chi connectivity index (χ0v) is 10.8. The highest BCUT2D eigenvalue weighted by atomic mass is 16.5. The number of carbonyl (C=O) groups is 1. The van der Waals surface area contributed by atoms with Crippen molar-refractivity contribution in [2.45, 2.75) is 0 Å². The Bertz CT molecular complexity index is 385. The number of rotatable bonds is 7. The summed E-state index contributed by atoms with van der Waals surface area (Å²) in [6, 6.07) is 7.28. The average Bonchev–Trinajstić information content (AvgIpc) is 2.42. The number of hydrogen-bond donors (Lipinski definition) is 1. The van der Waals surface area contributed by atoms with Crippen LogP contribution in [0.5, 0.6) is 0 Å². The zero-order chi connectivity index (χ0) is 13.2. The van der Waals surface area contributed by atoms with Gasteiger partial charge in [0.1, 0.15) is 0 Å². The van der Waals surface area contributed by atoms with Crippen LogP contribution < -0.4 is 5.32 Å². The molecule has 0 heterocycles. The third kappa shape index (κ3) is 5.12. The molecule has 1 aromatic rings. The molecule has 18 heavy (non-hydrogen) atoms. The van der Waals surface area contributed by atoms with Gasteiger partial charge in [-0.2, -0.15) is 0 Å². The van der Waals surface area contributed by atoms with Crippen LogP contribution in [0.3, 0.4) is 0 Å². The number of nitrogens with one attached hydrogen (secondary N) is 1. The Morgan fingerprint density at radius 3 is 2.61 bits per heavy atom. The average molecular weight is 249 g/mol. The quantitative estimate of drug-likeness (QED) is 0.590. The molecule has 0 bridgehead atoms. The standard InChI is InChI=1S/C14H19NO3/c1-17-11-10-15-9-3-4-12-5-7-13(8-6-12)14(16)18-2/h3-8,15H,9-11H2,1-2H3. The van der Waals surface area contributed by atoms with E-state index in [1.807, 2.05) is 24.3 Å². The van der Waals surface area contributed by atoms with E-state index < -0.39 is 0 Å². The van der Waals surface area contributed by atoms with Crippen molar-refractivity contribution in [3.8, 4) is 0 Å². The number of esters is 1. The highest BCUT2D eigenvalue weighted by Crippen LogP contribution is 2.07. The van der Waals surface area contributed by atoms with Crippen LogP contribution in [0, 0.1) is 0 Å². The third-order valence-corrected chi connectivity index (χ3v) is 2.39. The van der Waals surface area contributed by atoms with E-state index in [1.165, 1.54) is 7.11 Å².